The summed E-state index contributed by atoms with van der Waals surface area (Å²) in [5.41, 5.74) is 0.437. The predicted molar refractivity (Wildman–Crippen MR) is 82.0 cm³/mol. The molecule has 1 aromatic rings. The average molecular weight is 309 g/mol. The number of carboxylic acids is 1. The maximum Gasteiger partial charge on any atom is 0.335 e. The van der Waals surface area contributed by atoms with Crippen LogP contribution in [0.25, 0.3) is 0 Å². The maximum absolute atomic E-state index is 11.9. The van der Waals surface area contributed by atoms with Crippen molar-refractivity contribution in [1.29, 1.82) is 0 Å². The van der Waals surface area contributed by atoms with Gasteiger partial charge >= 0.3 is 5.97 Å². The highest BCUT2D eigenvalue weighted by Gasteiger charge is 2.10. The van der Waals surface area contributed by atoms with Crippen LogP contribution < -0.4 is 5.32 Å². The summed E-state index contributed by atoms with van der Waals surface area (Å²) in [7, 11) is 0. The number of aromatic carboxylic acids is 1. The van der Waals surface area contributed by atoms with Crippen LogP contribution in [0, 0.1) is 0 Å². The molecule has 6 nitrogen and oxygen atoms in total. The summed E-state index contributed by atoms with van der Waals surface area (Å²) in [6, 6.07) is 5.96. The first kappa shape index (κ1) is 18.1. The molecule has 1 amide bonds. The first-order valence-corrected chi connectivity index (χ1v) is 7.43. The summed E-state index contributed by atoms with van der Waals surface area (Å²) in [5, 5.41) is 11.7. The smallest absolute Gasteiger partial charge is 0.335 e. The Bertz CT molecular complexity index is 483. The molecule has 0 aliphatic heterocycles. The predicted octanol–water partition coefficient (Wildman–Crippen LogP) is 2.29. The number of amides is 1. The third kappa shape index (κ3) is 6.24. The minimum Gasteiger partial charge on any atom is -0.478 e. The van der Waals surface area contributed by atoms with Crippen LogP contribution in [0.2, 0.25) is 0 Å². The van der Waals surface area contributed by atoms with Gasteiger partial charge in [-0.15, -0.1) is 0 Å². The van der Waals surface area contributed by atoms with Crippen LogP contribution in [0.4, 0.5) is 0 Å². The monoisotopic (exact) mass is 309 g/mol. The van der Waals surface area contributed by atoms with Gasteiger partial charge in [-0.25, -0.2) is 4.79 Å². The Hall–Kier alpha value is -1.92. The Balaban J connectivity index is 2.39. The first-order valence-electron chi connectivity index (χ1n) is 7.43. The van der Waals surface area contributed by atoms with Gasteiger partial charge in [0.1, 0.15) is 0 Å². The van der Waals surface area contributed by atoms with E-state index in [4.69, 9.17) is 14.6 Å². The first-order chi connectivity index (χ1) is 10.6. The van der Waals surface area contributed by atoms with E-state index >= 15 is 0 Å². The SMILES string of the molecule is CCOC(CCCNC(=O)c1cccc(C(=O)O)c1)OCC. The van der Waals surface area contributed by atoms with Crippen LogP contribution in [0.5, 0.6) is 0 Å². The van der Waals surface area contributed by atoms with E-state index in [9.17, 15) is 9.59 Å². The lowest BCUT2D eigenvalue weighted by Gasteiger charge is -2.16. The molecule has 122 valence electrons. The highest BCUT2D eigenvalue weighted by atomic mass is 16.7. The van der Waals surface area contributed by atoms with Crippen molar-refractivity contribution in [2.75, 3.05) is 19.8 Å². The van der Waals surface area contributed by atoms with Crippen molar-refractivity contribution in [1.82, 2.24) is 5.32 Å². The van der Waals surface area contributed by atoms with E-state index in [1.807, 2.05) is 13.8 Å². The van der Waals surface area contributed by atoms with Crippen LogP contribution in [0.3, 0.4) is 0 Å². The van der Waals surface area contributed by atoms with E-state index in [2.05, 4.69) is 5.32 Å². The Morgan fingerprint density at radius 1 is 1.18 bits per heavy atom. The Morgan fingerprint density at radius 2 is 1.82 bits per heavy atom. The van der Waals surface area contributed by atoms with E-state index in [-0.39, 0.29) is 17.8 Å². The zero-order valence-corrected chi connectivity index (χ0v) is 13.0. The summed E-state index contributed by atoms with van der Waals surface area (Å²) in [5.74, 6) is -1.33. The van der Waals surface area contributed by atoms with Crippen LogP contribution in [0.15, 0.2) is 24.3 Å². The van der Waals surface area contributed by atoms with Crippen molar-refractivity contribution in [2.24, 2.45) is 0 Å². The van der Waals surface area contributed by atoms with E-state index in [1.54, 1.807) is 12.1 Å². The van der Waals surface area contributed by atoms with Crippen molar-refractivity contribution >= 4 is 11.9 Å². The van der Waals surface area contributed by atoms with Crippen LogP contribution in [0.1, 0.15) is 47.4 Å². The summed E-state index contributed by atoms with van der Waals surface area (Å²) >= 11 is 0. The molecule has 0 aliphatic carbocycles. The zero-order chi connectivity index (χ0) is 16.4. The summed E-state index contributed by atoms with van der Waals surface area (Å²) < 4.78 is 10.8. The normalized spacial score (nSPS) is 10.7. The summed E-state index contributed by atoms with van der Waals surface area (Å²) in [4.78, 5) is 22.8. The van der Waals surface area contributed by atoms with Crippen LogP contribution >= 0.6 is 0 Å². The van der Waals surface area contributed by atoms with E-state index in [1.165, 1.54) is 12.1 Å². The number of nitrogens with one attached hydrogen (secondary N) is 1. The maximum atomic E-state index is 11.9. The highest BCUT2D eigenvalue weighted by molar-refractivity contribution is 5.97. The molecule has 0 saturated heterocycles. The molecule has 1 rings (SSSR count). The Labute approximate surface area is 130 Å². The van der Waals surface area contributed by atoms with Crippen LogP contribution in [-0.4, -0.2) is 43.0 Å². The lowest BCUT2D eigenvalue weighted by Crippen LogP contribution is -2.26. The quantitative estimate of drug-likeness (QED) is 0.512. The van der Waals surface area contributed by atoms with E-state index in [0.717, 1.165) is 6.42 Å². The number of ether oxygens (including phenoxy) is 2. The molecule has 1 aromatic carbocycles. The Morgan fingerprint density at radius 3 is 2.41 bits per heavy atom. The Kier molecular flexibility index (Phi) is 8.17. The van der Waals surface area contributed by atoms with Crippen molar-refractivity contribution in [2.45, 2.75) is 33.0 Å². The van der Waals surface area contributed by atoms with Gasteiger partial charge in [0, 0.05) is 31.7 Å². The fourth-order valence-corrected chi connectivity index (χ4v) is 1.95. The van der Waals surface area contributed by atoms with Crippen molar-refractivity contribution in [3.05, 3.63) is 35.4 Å². The molecule has 0 saturated carbocycles. The lowest BCUT2D eigenvalue weighted by atomic mass is 10.1. The van der Waals surface area contributed by atoms with Gasteiger partial charge in [-0.1, -0.05) is 6.07 Å². The van der Waals surface area contributed by atoms with Crippen molar-refractivity contribution in [3.63, 3.8) is 0 Å². The summed E-state index contributed by atoms with van der Waals surface area (Å²) in [6.07, 6.45) is 1.16. The van der Waals surface area contributed by atoms with Gasteiger partial charge in [0.2, 0.25) is 0 Å². The summed E-state index contributed by atoms with van der Waals surface area (Å²) in [6.45, 7) is 5.46. The molecular weight excluding hydrogens is 286 g/mol. The fraction of sp³-hybridized carbons (Fsp3) is 0.500. The van der Waals surface area contributed by atoms with E-state index < -0.39 is 5.97 Å². The third-order valence-electron chi connectivity index (χ3n) is 2.98. The van der Waals surface area contributed by atoms with Gasteiger partial charge in [-0.2, -0.15) is 0 Å². The number of benzene rings is 1. The molecule has 0 bridgehead atoms. The minimum atomic E-state index is -1.05. The van der Waals surface area contributed by atoms with Gasteiger partial charge in [-0.05, 0) is 38.5 Å². The number of carboxylic acid groups (broad SMARTS) is 1. The number of hydrogen-bond acceptors (Lipinski definition) is 4. The molecule has 22 heavy (non-hydrogen) atoms. The molecule has 0 spiro atoms. The lowest BCUT2D eigenvalue weighted by molar-refractivity contribution is -0.139. The number of carbonyl (C=O) groups excluding carboxylic acids is 1. The molecule has 0 heterocycles. The number of rotatable bonds is 10. The second-order valence-electron chi connectivity index (χ2n) is 4.62. The molecule has 6 heteroatoms. The van der Waals surface area contributed by atoms with Gasteiger partial charge in [0.25, 0.3) is 5.91 Å². The fourth-order valence-electron chi connectivity index (χ4n) is 1.95. The molecule has 0 radical (unpaired) electrons. The largest absolute Gasteiger partial charge is 0.478 e. The highest BCUT2D eigenvalue weighted by Crippen LogP contribution is 2.06. The number of carbonyl (C=O) groups is 2. The second kappa shape index (κ2) is 9.92. The van der Waals surface area contributed by atoms with Gasteiger partial charge in [-0.3, -0.25) is 4.79 Å². The molecule has 0 aliphatic rings. The standard InChI is InChI=1S/C16H23NO5/c1-3-21-14(22-4-2)9-6-10-17-15(18)12-7-5-8-13(11-12)16(19)20/h5,7-8,11,14H,3-4,6,9-10H2,1-2H3,(H,17,18)(H,19,20). The van der Waals surface area contributed by atoms with Gasteiger partial charge in [0.15, 0.2) is 6.29 Å². The molecule has 0 fully saturated rings. The van der Waals surface area contributed by atoms with Crippen molar-refractivity contribution in [3.8, 4) is 0 Å². The average Bonchev–Trinajstić information content (AvgIpc) is 2.51. The van der Waals surface area contributed by atoms with Gasteiger partial charge < -0.3 is 19.9 Å². The topological polar surface area (TPSA) is 84.9 Å². The molecular formula is C16H23NO5. The molecule has 0 unspecified atom stereocenters. The third-order valence-corrected chi connectivity index (χ3v) is 2.98. The molecule has 0 atom stereocenters. The minimum absolute atomic E-state index is 0.0976. The molecule has 2 N–H and O–H groups in total. The second-order valence-corrected chi connectivity index (χ2v) is 4.62. The molecule has 0 aromatic heterocycles. The van der Waals surface area contributed by atoms with E-state index in [0.29, 0.717) is 31.7 Å². The van der Waals surface area contributed by atoms with Crippen molar-refractivity contribution < 1.29 is 24.2 Å². The zero-order valence-electron chi connectivity index (χ0n) is 13.0. The van der Waals surface area contributed by atoms with Crippen LogP contribution in [-0.2, 0) is 9.47 Å². The number of hydrogen-bond donors (Lipinski definition) is 2. The van der Waals surface area contributed by atoms with Gasteiger partial charge in [0.05, 0.1) is 5.56 Å².